The Morgan fingerprint density at radius 3 is 1.93 bits per heavy atom. The lowest BCUT2D eigenvalue weighted by Gasteiger charge is -2.38. The summed E-state index contributed by atoms with van der Waals surface area (Å²) in [5.41, 5.74) is 4.52. The SMILES string of the molecule is CCCc1ccc(S(=O)(=O)N(Cc2ccc(OCc3ccccc3)cc2)C2CCN(Cc3ccccc3)CC2)cc1. The number of nitrogens with zero attached hydrogens (tertiary/aromatic N) is 2. The summed E-state index contributed by atoms with van der Waals surface area (Å²) in [4.78, 5) is 2.79. The summed E-state index contributed by atoms with van der Waals surface area (Å²) < 4.78 is 35.9. The lowest BCUT2D eigenvalue weighted by Crippen LogP contribution is -2.46. The zero-order valence-electron chi connectivity index (χ0n) is 23.9. The maximum atomic E-state index is 14.1. The van der Waals surface area contributed by atoms with Crippen LogP contribution in [-0.2, 0) is 36.1 Å². The lowest BCUT2D eigenvalue weighted by molar-refractivity contribution is 0.150. The molecule has 0 saturated carbocycles. The van der Waals surface area contributed by atoms with Gasteiger partial charge in [-0.25, -0.2) is 8.42 Å². The van der Waals surface area contributed by atoms with Crippen LogP contribution in [-0.4, -0.2) is 36.8 Å². The van der Waals surface area contributed by atoms with Crippen LogP contribution < -0.4 is 4.74 Å². The van der Waals surface area contributed by atoms with E-state index in [9.17, 15) is 8.42 Å². The van der Waals surface area contributed by atoms with Gasteiger partial charge in [0.25, 0.3) is 0 Å². The van der Waals surface area contributed by atoms with E-state index in [1.165, 1.54) is 11.1 Å². The molecule has 5 rings (SSSR count). The second-order valence-corrected chi connectivity index (χ2v) is 12.7. The molecule has 1 aliphatic rings. The summed E-state index contributed by atoms with van der Waals surface area (Å²) in [6, 6.07) is 35.8. The molecular formula is C35H40N2O3S. The zero-order valence-corrected chi connectivity index (χ0v) is 24.7. The Bertz CT molecular complexity index is 1450. The summed E-state index contributed by atoms with van der Waals surface area (Å²) in [7, 11) is -3.68. The number of ether oxygens (including phenoxy) is 1. The highest BCUT2D eigenvalue weighted by atomic mass is 32.2. The van der Waals surface area contributed by atoms with Gasteiger partial charge in [0.15, 0.2) is 0 Å². The Kier molecular flexibility index (Phi) is 9.88. The molecule has 0 spiro atoms. The second-order valence-electron chi connectivity index (χ2n) is 10.9. The molecule has 1 saturated heterocycles. The van der Waals surface area contributed by atoms with Gasteiger partial charge >= 0.3 is 0 Å². The number of hydrogen-bond acceptors (Lipinski definition) is 4. The van der Waals surface area contributed by atoms with Gasteiger partial charge in [-0.3, -0.25) is 4.90 Å². The van der Waals surface area contributed by atoms with Crippen LogP contribution in [0.3, 0.4) is 0 Å². The molecule has 6 heteroatoms. The van der Waals surface area contributed by atoms with E-state index in [0.29, 0.717) is 18.0 Å². The van der Waals surface area contributed by atoms with Crippen LogP contribution in [0.25, 0.3) is 0 Å². The zero-order chi connectivity index (χ0) is 28.5. The average Bonchev–Trinajstić information content (AvgIpc) is 3.01. The van der Waals surface area contributed by atoms with E-state index in [4.69, 9.17) is 4.74 Å². The second kappa shape index (κ2) is 13.9. The normalized spacial score (nSPS) is 14.8. The number of likely N-dealkylation sites (tertiary alicyclic amines) is 1. The maximum Gasteiger partial charge on any atom is 0.243 e. The third kappa shape index (κ3) is 7.85. The van der Waals surface area contributed by atoms with E-state index < -0.39 is 10.0 Å². The van der Waals surface area contributed by atoms with E-state index in [0.717, 1.165) is 62.2 Å². The molecule has 0 aromatic heterocycles. The van der Waals surface area contributed by atoms with Crippen LogP contribution in [0.15, 0.2) is 114 Å². The van der Waals surface area contributed by atoms with Crippen molar-refractivity contribution in [1.82, 2.24) is 9.21 Å². The van der Waals surface area contributed by atoms with Crippen molar-refractivity contribution in [3.05, 3.63) is 131 Å². The molecule has 0 amide bonds. The lowest BCUT2D eigenvalue weighted by atomic mass is 10.0. The molecule has 1 heterocycles. The van der Waals surface area contributed by atoms with Crippen LogP contribution in [0.5, 0.6) is 5.75 Å². The number of aryl methyl sites for hydroxylation is 1. The number of sulfonamides is 1. The van der Waals surface area contributed by atoms with E-state index in [2.05, 4.69) is 36.1 Å². The Hall–Kier alpha value is -3.45. The molecule has 0 atom stereocenters. The molecule has 0 aliphatic carbocycles. The molecule has 1 aliphatic heterocycles. The first-order valence-electron chi connectivity index (χ1n) is 14.6. The smallest absolute Gasteiger partial charge is 0.243 e. The summed E-state index contributed by atoms with van der Waals surface area (Å²) in [6.07, 6.45) is 3.59. The fourth-order valence-electron chi connectivity index (χ4n) is 5.48. The molecule has 0 bridgehead atoms. The van der Waals surface area contributed by atoms with Gasteiger partial charge in [0.05, 0.1) is 4.90 Å². The van der Waals surface area contributed by atoms with Crippen LogP contribution in [0.2, 0.25) is 0 Å². The van der Waals surface area contributed by atoms with E-state index in [-0.39, 0.29) is 6.04 Å². The highest BCUT2D eigenvalue weighted by molar-refractivity contribution is 7.89. The Balaban J connectivity index is 1.31. The fraction of sp³-hybridized carbons (Fsp3) is 0.314. The van der Waals surface area contributed by atoms with Crippen LogP contribution >= 0.6 is 0 Å². The van der Waals surface area contributed by atoms with Gasteiger partial charge in [-0.1, -0.05) is 98.3 Å². The van der Waals surface area contributed by atoms with Crippen molar-refractivity contribution in [2.75, 3.05) is 13.1 Å². The van der Waals surface area contributed by atoms with Crippen LogP contribution in [0.1, 0.15) is 48.4 Å². The van der Waals surface area contributed by atoms with Crippen LogP contribution in [0.4, 0.5) is 0 Å². The summed E-state index contributed by atoms with van der Waals surface area (Å²) in [5.74, 6) is 0.771. The molecule has 4 aromatic carbocycles. The fourth-order valence-corrected chi connectivity index (χ4v) is 7.15. The predicted molar refractivity (Wildman–Crippen MR) is 165 cm³/mol. The molecule has 41 heavy (non-hydrogen) atoms. The summed E-state index contributed by atoms with van der Waals surface area (Å²) in [5, 5.41) is 0. The number of hydrogen-bond donors (Lipinski definition) is 0. The quantitative estimate of drug-likeness (QED) is 0.183. The van der Waals surface area contributed by atoms with Gasteiger partial charge in [-0.05, 0) is 65.8 Å². The maximum absolute atomic E-state index is 14.1. The highest BCUT2D eigenvalue weighted by Gasteiger charge is 2.34. The van der Waals surface area contributed by atoms with Gasteiger partial charge in [-0.2, -0.15) is 4.31 Å². The molecule has 5 nitrogen and oxygen atoms in total. The first-order valence-corrected chi connectivity index (χ1v) is 16.1. The van der Waals surface area contributed by atoms with Crippen molar-refractivity contribution in [3.8, 4) is 5.75 Å². The molecule has 1 fully saturated rings. The minimum Gasteiger partial charge on any atom is -0.489 e. The number of piperidine rings is 1. The summed E-state index contributed by atoms with van der Waals surface area (Å²) in [6.45, 7) is 5.59. The third-order valence-corrected chi connectivity index (χ3v) is 9.70. The molecule has 0 radical (unpaired) electrons. The first-order chi connectivity index (χ1) is 20.0. The van der Waals surface area contributed by atoms with Crippen LogP contribution in [0, 0.1) is 0 Å². The topological polar surface area (TPSA) is 49.9 Å². The van der Waals surface area contributed by atoms with Gasteiger partial charge in [0.2, 0.25) is 10.0 Å². The number of benzene rings is 4. The van der Waals surface area contributed by atoms with Gasteiger partial charge in [0, 0.05) is 32.2 Å². The highest BCUT2D eigenvalue weighted by Crippen LogP contribution is 2.28. The van der Waals surface area contributed by atoms with E-state index in [1.54, 1.807) is 16.4 Å². The third-order valence-electron chi connectivity index (χ3n) is 7.79. The van der Waals surface area contributed by atoms with E-state index in [1.807, 2.05) is 72.8 Å². The largest absolute Gasteiger partial charge is 0.489 e. The molecular weight excluding hydrogens is 528 g/mol. The van der Waals surface area contributed by atoms with Crippen molar-refractivity contribution in [3.63, 3.8) is 0 Å². The Labute approximate surface area is 245 Å². The Morgan fingerprint density at radius 1 is 0.732 bits per heavy atom. The van der Waals surface area contributed by atoms with Gasteiger partial charge < -0.3 is 4.74 Å². The van der Waals surface area contributed by atoms with E-state index >= 15 is 0 Å². The average molecular weight is 569 g/mol. The Morgan fingerprint density at radius 2 is 1.32 bits per heavy atom. The van der Waals surface area contributed by atoms with Crippen molar-refractivity contribution in [1.29, 1.82) is 0 Å². The predicted octanol–water partition coefficient (Wildman–Crippen LogP) is 7.07. The molecule has 0 N–H and O–H groups in total. The van der Waals surface area contributed by atoms with Gasteiger partial charge in [0.1, 0.15) is 12.4 Å². The van der Waals surface area contributed by atoms with Crippen molar-refractivity contribution < 1.29 is 13.2 Å². The standard InChI is InChI=1S/C35H40N2O3S/c1-2-9-29-16-20-35(21-17-29)41(38,39)37(33-22-24-36(25-23-33)26-30-10-5-3-6-11-30)27-31-14-18-34(19-15-31)40-28-32-12-7-4-8-13-32/h3-8,10-21,33H,2,9,22-28H2,1H3. The first kappa shape index (κ1) is 29.1. The van der Waals surface area contributed by atoms with Gasteiger partial charge in [-0.15, -0.1) is 0 Å². The molecule has 4 aromatic rings. The minimum absolute atomic E-state index is 0.0589. The molecule has 214 valence electrons. The molecule has 0 unspecified atom stereocenters. The summed E-state index contributed by atoms with van der Waals surface area (Å²) >= 11 is 0. The van der Waals surface area contributed by atoms with Crippen molar-refractivity contribution in [2.45, 2.75) is 63.2 Å². The number of rotatable bonds is 12. The van der Waals surface area contributed by atoms with Crippen molar-refractivity contribution in [2.24, 2.45) is 0 Å². The van der Waals surface area contributed by atoms with Crippen molar-refractivity contribution >= 4 is 10.0 Å². The minimum atomic E-state index is -3.68. The monoisotopic (exact) mass is 568 g/mol.